The first kappa shape index (κ1) is 30.9. The zero-order chi connectivity index (χ0) is 27.6. The predicted molar refractivity (Wildman–Crippen MR) is 119 cm³/mol. The molecule has 0 bridgehead atoms. The summed E-state index contributed by atoms with van der Waals surface area (Å²) in [6.45, 7) is 3.38. The highest BCUT2D eigenvalue weighted by Crippen LogP contribution is 2.33. The van der Waals surface area contributed by atoms with Crippen LogP contribution in [0, 0.1) is 0 Å². The van der Waals surface area contributed by atoms with Gasteiger partial charge in [-0.1, -0.05) is 0 Å². The molecule has 3 aliphatic rings. The van der Waals surface area contributed by atoms with Gasteiger partial charge in [-0.25, -0.2) is 0 Å². The quantitative estimate of drug-likeness (QED) is 0.137. The maximum absolute atomic E-state index is 11.0. The Balaban J connectivity index is 1.74. The number of aliphatic hydroxyl groups excluding tert-OH is 8. The van der Waals surface area contributed by atoms with Crippen molar-refractivity contribution in [2.75, 3.05) is 20.3 Å². The van der Waals surface area contributed by atoms with Crippen LogP contribution in [0.5, 0.6) is 0 Å². The molecule has 0 radical (unpaired) electrons. The minimum atomic E-state index is -1.69. The van der Waals surface area contributed by atoms with Crippen molar-refractivity contribution in [3.63, 3.8) is 0 Å². The Hall–Kier alpha value is -0.600. The summed E-state index contributed by atoms with van der Waals surface area (Å²) >= 11 is 0. The van der Waals surface area contributed by atoms with Crippen LogP contribution in [-0.4, -0.2) is 159 Å². The van der Waals surface area contributed by atoms with Gasteiger partial charge >= 0.3 is 0 Å². The van der Waals surface area contributed by atoms with Gasteiger partial charge in [-0.15, -0.1) is 0 Å². The maximum atomic E-state index is 11.0. The SMILES string of the molecule is CO[C@@H]1[C@H](O)[C@@H](O[C@@H]2[C@H](O)[C@@H](O[C@@H]3[C@H](O)[C@@H](OC(CO)CO)O[C@H](C)[C@H]3O)O[C@H](C)[C@H]2O)O[C@H](C)[C@H]1O. The minimum absolute atomic E-state index is 0.556. The standard InChI is InChI=1S/C22H40O15/c1-7-11(25)17(31-4)14(28)21(33-7)36-19-13(27)9(3)34-22(16(19)30)37-18-12(26)8(2)32-20(15(18)29)35-10(5-23)6-24/h7-30H,5-6H2,1-4H3/t7-,8-,9-,11-,12-,13-,14+,15+,16+,17+,18+,19+,20-,21-,22-/m1/s1. The fraction of sp³-hybridized carbons (Fsp3) is 1.00. The molecule has 3 saturated heterocycles. The Bertz CT molecular complexity index is 697. The second kappa shape index (κ2) is 13.2. The van der Waals surface area contributed by atoms with E-state index in [1.165, 1.54) is 27.9 Å². The van der Waals surface area contributed by atoms with E-state index in [1.807, 2.05) is 0 Å². The first-order chi connectivity index (χ1) is 17.4. The fourth-order valence-corrected chi connectivity index (χ4v) is 4.57. The molecule has 3 rings (SSSR count). The Morgan fingerprint density at radius 2 is 0.919 bits per heavy atom. The third kappa shape index (κ3) is 6.59. The van der Waals surface area contributed by atoms with Crippen molar-refractivity contribution in [1.29, 1.82) is 0 Å². The van der Waals surface area contributed by atoms with Gasteiger partial charge in [0.15, 0.2) is 18.9 Å². The average Bonchev–Trinajstić information content (AvgIpc) is 2.87. The van der Waals surface area contributed by atoms with Crippen LogP contribution < -0.4 is 0 Å². The van der Waals surface area contributed by atoms with Gasteiger partial charge < -0.3 is 74.0 Å². The minimum Gasteiger partial charge on any atom is -0.394 e. The van der Waals surface area contributed by atoms with Gasteiger partial charge in [-0.3, -0.25) is 0 Å². The van der Waals surface area contributed by atoms with Crippen LogP contribution in [0.15, 0.2) is 0 Å². The van der Waals surface area contributed by atoms with E-state index in [2.05, 4.69) is 0 Å². The molecule has 37 heavy (non-hydrogen) atoms. The van der Waals surface area contributed by atoms with Gasteiger partial charge in [0.2, 0.25) is 0 Å². The van der Waals surface area contributed by atoms with Crippen molar-refractivity contribution in [3.8, 4) is 0 Å². The zero-order valence-corrected chi connectivity index (χ0v) is 21.1. The molecule has 3 heterocycles. The Morgan fingerprint density at radius 1 is 0.568 bits per heavy atom. The molecule has 0 aliphatic carbocycles. The highest BCUT2D eigenvalue weighted by atomic mass is 16.8. The van der Waals surface area contributed by atoms with Crippen molar-refractivity contribution in [2.45, 2.75) is 119 Å². The van der Waals surface area contributed by atoms with E-state index in [-0.39, 0.29) is 0 Å². The van der Waals surface area contributed by atoms with Gasteiger partial charge in [-0.2, -0.15) is 0 Å². The molecule has 0 aromatic rings. The molecule has 3 fully saturated rings. The van der Waals surface area contributed by atoms with Gasteiger partial charge in [0.1, 0.15) is 61.0 Å². The van der Waals surface area contributed by atoms with Gasteiger partial charge in [-0.05, 0) is 20.8 Å². The van der Waals surface area contributed by atoms with E-state index in [1.54, 1.807) is 0 Å². The normalized spacial score (nSPS) is 49.4. The van der Waals surface area contributed by atoms with E-state index >= 15 is 0 Å². The molecule has 15 nitrogen and oxygen atoms in total. The summed E-state index contributed by atoms with van der Waals surface area (Å²) in [4.78, 5) is 0. The van der Waals surface area contributed by atoms with Crippen LogP contribution in [0.4, 0.5) is 0 Å². The lowest BCUT2D eigenvalue weighted by Gasteiger charge is -2.48. The lowest BCUT2D eigenvalue weighted by Crippen LogP contribution is -2.65. The Morgan fingerprint density at radius 3 is 1.32 bits per heavy atom. The van der Waals surface area contributed by atoms with Gasteiger partial charge in [0.25, 0.3) is 0 Å². The second-order valence-corrected chi connectivity index (χ2v) is 9.60. The molecule has 0 spiro atoms. The number of methoxy groups -OCH3 is 1. The summed E-state index contributed by atoms with van der Waals surface area (Å²) in [5.74, 6) is 0. The molecule has 15 heteroatoms. The third-order valence-corrected chi connectivity index (χ3v) is 6.93. The summed E-state index contributed by atoms with van der Waals surface area (Å²) in [5, 5.41) is 82.3. The third-order valence-electron chi connectivity index (χ3n) is 6.93. The van der Waals surface area contributed by atoms with Gasteiger partial charge in [0.05, 0.1) is 31.5 Å². The Kier molecular flexibility index (Phi) is 11.0. The second-order valence-electron chi connectivity index (χ2n) is 9.60. The summed E-state index contributed by atoms with van der Waals surface area (Å²) in [6, 6.07) is 0. The highest BCUT2D eigenvalue weighted by molar-refractivity contribution is 4.95. The molecule has 0 aromatic carbocycles. The molecule has 3 aliphatic heterocycles. The van der Waals surface area contributed by atoms with E-state index in [0.717, 1.165) is 0 Å². The molecule has 0 aromatic heterocycles. The number of aliphatic hydroxyl groups is 8. The number of ether oxygens (including phenoxy) is 7. The lowest BCUT2D eigenvalue weighted by molar-refractivity contribution is -0.378. The monoisotopic (exact) mass is 544 g/mol. The van der Waals surface area contributed by atoms with Crippen LogP contribution in [0.25, 0.3) is 0 Å². The Labute approximate surface area is 214 Å². The molecule has 15 atom stereocenters. The topological polar surface area (TPSA) is 226 Å². The average molecular weight is 545 g/mol. The molecule has 0 saturated carbocycles. The van der Waals surface area contributed by atoms with Crippen molar-refractivity contribution in [1.82, 2.24) is 0 Å². The van der Waals surface area contributed by atoms with E-state index in [4.69, 9.17) is 33.2 Å². The highest BCUT2D eigenvalue weighted by Gasteiger charge is 2.52. The van der Waals surface area contributed by atoms with Crippen molar-refractivity contribution in [2.24, 2.45) is 0 Å². The van der Waals surface area contributed by atoms with E-state index in [9.17, 15) is 40.9 Å². The van der Waals surface area contributed by atoms with E-state index < -0.39 is 111 Å². The van der Waals surface area contributed by atoms with E-state index in [0.29, 0.717) is 0 Å². The number of rotatable bonds is 9. The largest absolute Gasteiger partial charge is 0.394 e. The van der Waals surface area contributed by atoms with Crippen molar-refractivity contribution < 1.29 is 74.0 Å². The number of hydrogen-bond acceptors (Lipinski definition) is 15. The summed E-state index contributed by atoms with van der Waals surface area (Å²) in [7, 11) is 1.29. The first-order valence-electron chi connectivity index (χ1n) is 12.2. The lowest BCUT2D eigenvalue weighted by atomic mass is 9.96. The van der Waals surface area contributed by atoms with Crippen LogP contribution in [-0.2, 0) is 33.2 Å². The zero-order valence-electron chi connectivity index (χ0n) is 21.1. The van der Waals surface area contributed by atoms with Crippen LogP contribution in [0.3, 0.4) is 0 Å². The van der Waals surface area contributed by atoms with Crippen molar-refractivity contribution in [3.05, 3.63) is 0 Å². The molecule has 0 unspecified atom stereocenters. The smallest absolute Gasteiger partial charge is 0.187 e. The van der Waals surface area contributed by atoms with Crippen LogP contribution >= 0.6 is 0 Å². The molecular formula is C22H40O15. The summed E-state index contributed by atoms with van der Waals surface area (Å²) in [6.07, 6.45) is -20.7. The fourth-order valence-electron chi connectivity index (χ4n) is 4.57. The van der Waals surface area contributed by atoms with Crippen LogP contribution in [0.2, 0.25) is 0 Å². The number of hydrogen-bond donors (Lipinski definition) is 8. The summed E-state index contributed by atoms with van der Waals surface area (Å²) in [5.41, 5.74) is 0. The van der Waals surface area contributed by atoms with Crippen LogP contribution in [0.1, 0.15) is 20.8 Å². The molecule has 8 N–H and O–H groups in total. The van der Waals surface area contributed by atoms with Gasteiger partial charge in [0, 0.05) is 7.11 Å². The first-order valence-corrected chi connectivity index (χ1v) is 12.2. The summed E-state index contributed by atoms with van der Waals surface area (Å²) < 4.78 is 38.5. The molecule has 218 valence electrons. The van der Waals surface area contributed by atoms with Crippen molar-refractivity contribution >= 4 is 0 Å². The molecule has 0 amide bonds. The predicted octanol–water partition coefficient (Wildman–Crippen LogP) is -4.46. The maximum Gasteiger partial charge on any atom is 0.187 e. The molecular weight excluding hydrogens is 504 g/mol.